The van der Waals surface area contributed by atoms with Crippen LogP contribution in [0.2, 0.25) is 0 Å². The van der Waals surface area contributed by atoms with Crippen LogP contribution in [0.15, 0.2) is 22.7 Å². The Balaban J connectivity index is 2.80. The molecule has 0 heterocycles. The van der Waals surface area contributed by atoms with E-state index in [4.69, 9.17) is 0 Å². The summed E-state index contributed by atoms with van der Waals surface area (Å²) in [7, 11) is 0. The molecule has 1 amide bonds. The number of carbonyl (C=O) groups excluding carboxylic acids is 1. The molecule has 0 fully saturated rings. The van der Waals surface area contributed by atoms with Gasteiger partial charge in [-0.05, 0) is 47.7 Å². The molecule has 1 aromatic carbocycles. The summed E-state index contributed by atoms with van der Waals surface area (Å²) in [6.45, 7) is 2.13. The number of nitrogens with one attached hydrogen (secondary N) is 1. The number of rotatable bonds is 2. The van der Waals surface area contributed by atoms with Crippen molar-refractivity contribution in [3.05, 3.63) is 31.8 Å². The van der Waals surface area contributed by atoms with Crippen LogP contribution in [0.4, 0.5) is 0 Å². The molecule has 78 valence electrons. The number of halogens is 2. The van der Waals surface area contributed by atoms with Gasteiger partial charge in [-0.3, -0.25) is 4.79 Å². The van der Waals surface area contributed by atoms with Crippen molar-refractivity contribution in [2.45, 2.75) is 6.92 Å². The average Bonchev–Trinajstić information content (AvgIpc) is 2.22. The van der Waals surface area contributed by atoms with Crippen LogP contribution in [-0.2, 0) is 0 Å². The van der Waals surface area contributed by atoms with Crippen LogP contribution in [0.1, 0.15) is 17.3 Å². The smallest absolute Gasteiger partial charge is 0.253 e. The van der Waals surface area contributed by atoms with E-state index in [9.17, 15) is 4.79 Å². The van der Waals surface area contributed by atoms with E-state index in [2.05, 4.69) is 55.7 Å². The molecule has 0 aliphatic carbocycles. The Labute approximate surface area is 111 Å². The van der Waals surface area contributed by atoms with Gasteiger partial charge in [0.15, 0.2) is 0 Å². The Morgan fingerprint density at radius 3 is 3.00 bits per heavy atom. The predicted octanol–water partition coefficient (Wildman–Crippen LogP) is 2.81. The standard InChI is InChI=1S/C11H9BrINO/c1-2-3-6-14-11(15)9-7-8(12)4-5-10(9)13/h4-5,7H,6H2,1H3,(H,14,15). The lowest BCUT2D eigenvalue weighted by Crippen LogP contribution is -2.24. The molecule has 0 aliphatic heterocycles. The summed E-state index contributed by atoms with van der Waals surface area (Å²) in [5.41, 5.74) is 0.669. The monoisotopic (exact) mass is 377 g/mol. The highest BCUT2D eigenvalue weighted by Gasteiger charge is 2.08. The molecule has 4 heteroatoms. The van der Waals surface area contributed by atoms with Gasteiger partial charge in [0.25, 0.3) is 5.91 Å². The maximum absolute atomic E-state index is 11.7. The van der Waals surface area contributed by atoms with Crippen molar-refractivity contribution >= 4 is 44.4 Å². The van der Waals surface area contributed by atoms with Crippen LogP contribution >= 0.6 is 38.5 Å². The highest BCUT2D eigenvalue weighted by atomic mass is 127. The van der Waals surface area contributed by atoms with Crippen LogP contribution in [0.3, 0.4) is 0 Å². The molecule has 2 nitrogen and oxygen atoms in total. The van der Waals surface area contributed by atoms with Gasteiger partial charge in [0.1, 0.15) is 0 Å². The topological polar surface area (TPSA) is 29.1 Å². The molecule has 0 unspecified atom stereocenters. The predicted molar refractivity (Wildman–Crippen MR) is 72.6 cm³/mol. The van der Waals surface area contributed by atoms with E-state index in [1.165, 1.54) is 0 Å². The molecule has 0 aliphatic rings. The molecular formula is C11H9BrINO. The normalized spacial score (nSPS) is 9.00. The Bertz CT molecular complexity index is 434. The summed E-state index contributed by atoms with van der Waals surface area (Å²) in [6.07, 6.45) is 0. The van der Waals surface area contributed by atoms with Gasteiger partial charge in [0, 0.05) is 8.04 Å². The van der Waals surface area contributed by atoms with Crippen LogP contribution in [0.25, 0.3) is 0 Å². The molecule has 1 rings (SSSR count). The fourth-order valence-electron chi connectivity index (χ4n) is 0.980. The molecular weight excluding hydrogens is 369 g/mol. The van der Waals surface area contributed by atoms with Crippen molar-refractivity contribution in [2.24, 2.45) is 0 Å². The van der Waals surface area contributed by atoms with Crippen LogP contribution < -0.4 is 5.32 Å². The van der Waals surface area contributed by atoms with Crippen molar-refractivity contribution in [1.29, 1.82) is 0 Å². The minimum absolute atomic E-state index is 0.0940. The van der Waals surface area contributed by atoms with E-state index in [1.807, 2.05) is 12.1 Å². The van der Waals surface area contributed by atoms with Gasteiger partial charge in [-0.1, -0.05) is 21.9 Å². The molecule has 0 aromatic heterocycles. The Morgan fingerprint density at radius 1 is 1.60 bits per heavy atom. The number of benzene rings is 1. The summed E-state index contributed by atoms with van der Waals surface area (Å²) < 4.78 is 1.83. The van der Waals surface area contributed by atoms with Gasteiger partial charge in [-0.25, -0.2) is 0 Å². The fraction of sp³-hybridized carbons (Fsp3) is 0.182. The minimum atomic E-state index is -0.0940. The lowest BCUT2D eigenvalue weighted by Gasteiger charge is -2.04. The Morgan fingerprint density at radius 2 is 2.33 bits per heavy atom. The van der Waals surface area contributed by atoms with Gasteiger partial charge >= 0.3 is 0 Å². The first-order chi connectivity index (χ1) is 7.15. The molecule has 15 heavy (non-hydrogen) atoms. The highest BCUT2D eigenvalue weighted by Crippen LogP contribution is 2.18. The quantitative estimate of drug-likeness (QED) is 0.623. The molecule has 1 N–H and O–H groups in total. The van der Waals surface area contributed by atoms with Gasteiger partial charge in [-0.2, -0.15) is 0 Å². The second kappa shape index (κ2) is 6.13. The van der Waals surface area contributed by atoms with Crippen LogP contribution in [0, 0.1) is 15.4 Å². The number of hydrogen-bond acceptors (Lipinski definition) is 1. The number of hydrogen-bond donors (Lipinski definition) is 1. The van der Waals surface area contributed by atoms with Gasteiger partial charge in [-0.15, -0.1) is 5.92 Å². The SMILES string of the molecule is CC#CCNC(=O)c1cc(Br)ccc1I. The van der Waals surface area contributed by atoms with Crippen molar-refractivity contribution in [3.8, 4) is 11.8 Å². The summed E-state index contributed by atoms with van der Waals surface area (Å²) in [4.78, 5) is 11.7. The molecule has 0 saturated heterocycles. The van der Waals surface area contributed by atoms with E-state index in [-0.39, 0.29) is 5.91 Å². The Hall–Kier alpha value is -0.540. The molecule has 1 aromatic rings. The van der Waals surface area contributed by atoms with Gasteiger partial charge < -0.3 is 5.32 Å². The lowest BCUT2D eigenvalue weighted by atomic mass is 10.2. The first-order valence-corrected chi connectivity index (χ1v) is 6.15. The van der Waals surface area contributed by atoms with Gasteiger partial charge in [0.2, 0.25) is 0 Å². The first kappa shape index (κ1) is 12.5. The lowest BCUT2D eigenvalue weighted by molar-refractivity contribution is 0.0958. The summed E-state index contributed by atoms with van der Waals surface area (Å²) in [6, 6.07) is 5.60. The molecule has 0 radical (unpaired) electrons. The minimum Gasteiger partial charge on any atom is -0.341 e. The molecule has 0 bridgehead atoms. The van der Waals surface area contributed by atoms with Crippen molar-refractivity contribution in [2.75, 3.05) is 6.54 Å². The average molecular weight is 378 g/mol. The third-order valence-electron chi connectivity index (χ3n) is 1.69. The van der Waals surface area contributed by atoms with Crippen molar-refractivity contribution < 1.29 is 4.79 Å². The van der Waals surface area contributed by atoms with E-state index in [1.54, 1.807) is 13.0 Å². The zero-order chi connectivity index (χ0) is 11.3. The van der Waals surface area contributed by atoms with Gasteiger partial charge in [0.05, 0.1) is 12.1 Å². The summed E-state index contributed by atoms with van der Waals surface area (Å²) >= 11 is 5.47. The number of amides is 1. The van der Waals surface area contributed by atoms with E-state index in [0.717, 1.165) is 8.04 Å². The zero-order valence-electron chi connectivity index (χ0n) is 8.10. The summed E-state index contributed by atoms with van der Waals surface area (Å²) in [5.74, 6) is 5.42. The maximum atomic E-state index is 11.7. The highest BCUT2D eigenvalue weighted by molar-refractivity contribution is 14.1. The molecule has 0 atom stereocenters. The second-order valence-electron chi connectivity index (χ2n) is 2.73. The van der Waals surface area contributed by atoms with Crippen LogP contribution in [-0.4, -0.2) is 12.5 Å². The molecule has 0 spiro atoms. The van der Waals surface area contributed by atoms with Crippen molar-refractivity contribution in [3.63, 3.8) is 0 Å². The van der Waals surface area contributed by atoms with E-state index < -0.39 is 0 Å². The largest absolute Gasteiger partial charge is 0.341 e. The maximum Gasteiger partial charge on any atom is 0.253 e. The second-order valence-corrected chi connectivity index (χ2v) is 4.81. The summed E-state index contributed by atoms with van der Waals surface area (Å²) in [5, 5.41) is 2.73. The number of carbonyl (C=O) groups is 1. The van der Waals surface area contributed by atoms with Crippen LogP contribution in [0.5, 0.6) is 0 Å². The van der Waals surface area contributed by atoms with E-state index >= 15 is 0 Å². The van der Waals surface area contributed by atoms with E-state index in [0.29, 0.717) is 12.1 Å². The third-order valence-corrected chi connectivity index (χ3v) is 3.12. The van der Waals surface area contributed by atoms with Crippen molar-refractivity contribution in [1.82, 2.24) is 5.32 Å². The molecule has 0 saturated carbocycles. The zero-order valence-corrected chi connectivity index (χ0v) is 11.8. The Kier molecular flexibility index (Phi) is 5.12. The first-order valence-electron chi connectivity index (χ1n) is 4.28. The fourth-order valence-corrected chi connectivity index (χ4v) is 1.92. The third kappa shape index (κ3) is 3.84.